The smallest absolute Gasteiger partial charge is 0.290 e. The molecule has 0 saturated carbocycles. The molecule has 2 bridgehead atoms. The molecule has 2 aliphatic rings. The molecule has 4 aromatic rings. The van der Waals surface area contributed by atoms with Crippen molar-refractivity contribution in [2.45, 2.75) is 44.8 Å². The third-order valence-corrected chi connectivity index (χ3v) is 8.63. The highest BCUT2D eigenvalue weighted by Gasteiger charge is 2.26. The number of carbonyl (C=O) groups excluding carboxylic acids is 3. The molecule has 1 fully saturated rings. The van der Waals surface area contributed by atoms with E-state index in [1.807, 2.05) is 65.4 Å². The van der Waals surface area contributed by atoms with Crippen LogP contribution in [0.1, 0.15) is 41.1 Å². The molecule has 0 aliphatic carbocycles. The summed E-state index contributed by atoms with van der Waals surface area (Å²) in [5.74, 6) is 1.54. The predicted molar refractivity (Wildman–Crippen MR) is 179 cm³/mol. The zero-order valence-electron chi connectivity index (χ0n) is 27.2. The van der Waals surface area contributed by atoms with Crippen molar-refractivity contribution in [3.05, 3.63) is 90.1 Å². The van der Waals surface area contributed by atoms with Crippen LogP contribution in [-0.2, 0) is 29.1 Å². The second-order valence-electron chi connectivity index (χ2n) is 12.1. The third-order valence-electron chi connectivity index (χ3n) is 8.63. The molecule has 2 aromatic heterocycles. The number of hydrogen-bond donors (Lipinski definition) is 2. The highest BCUT2D eigenvalue weighted by atomic mass is 16.5. The maximum absolute atomic E-state index is 13.8. The van der Waals surface area contributed by atoms with E-state index < -0.39 is 17.9 Å². The summed E-state index contributed by atoms with van der Waals surface area (Å²) >= 11 is 0. The van der Waals surface area contributed by atoms with Crippen molar-refractivity contribution in [2.75, 3.05) is 46.4 Å². The number of methoxy groups -OCH3 is 1. The molecule has 48 heavy (non-hydrogen) atoms. The van der Waals surface area contributed by atoms with Gasteiger partial charge in [0.2, 0.25) is 11.8 Å². The molecule has 12 nitrogen and oxygen atoms in total. The lowest BCUT2D eigenvalue weighted by atomic mass is 10.1. The minimum Gasteiger partial charge on any atom is -0.493 e. The maximum Gasteiger partial charge on any atom is 0.290 e. The topological polar surface area (TPSA) is 131 Å². The standard InChI is InChI=1S/C36H42N6O6/c1-46-30-12-10-27-23-32(30)47-21-7-18-42(36(45)31-13-11-28(48-31)24-40-16-5-6-17-40)25-33(43)39-29(22-26-8-3-2-4-9-26)35(44)38-15-20-41-19-14-37-34(27)41/h2-4,8-14,19,23,29H,5-7,15-18,20-22,24-25H2,1H3,(H,38,44)(H,39,43)/t29-/m0/s1. The van der Waals surface area contributed by atoms with Gasteiger partial charge in [0.1, 0.15) is 17.6 Å². The molecule has 0 spiro atoms. The number of amides is 3. The van der Waals surface area contributed by atoms with Gasteiger partial charge in [0, 0.05) is 44.0 Å². The largest absolute Gasteiger partial charge is 0.493 e. The molecule has 12 heteroatoms. The fourth-order valence-corrected chi connectivity index (χ4v) is 6.16. The Morgan fingerprint density at radius 2 is 1.83 bits per heavy atom. The van der Waals surface area contributed by atoms with E-state index in [-0.39, 0.29) is 31.4 Å². The van der Waals surface area contributed by atoms with E-state index in [0.717, 1.165) is 37.1 Å². The van der Waals surface area contributed by atoms with Crippen LogP contribution in [0.4, 0.5) is 0 Å². The molecule has 6 rings (SSSR count). The first-order valence-electron chi connectivity index (χ1n) is 16.5. The molecule has 0 radical (unpaired) electrons. The Balaban J connectivity index is 1.25. The van der Waals surface area contributed by atoms with Gasteiger partial charge in [-0.25, -0.2) is 4.98 Å². The molecule has 4 heterocycles. The normalized spacial score (nSPS) is 18.2. The zero-order chi connectivity index (χ0) is 33.3. The number of fused-ring (bicyclic) bond motifs is 4. The average Bonchev–Trinajstić information content (AvgIpc) is 3.89. The fourth-order valence-electron chi connectivity index (χ4n) is 6.16. The molecule has 2 aliphatic heterocycles. The summed E-state index contributed by atoms with van der Waals surface area (Å²) in [5, 5.41) is 5.87. The van der Waals surface area contributed by atoms with Gasteiger partial charge in [-0.05, 0) is 68.2 Å². The van der Waals surface area contributed by atoms with Gasteiger partial charge in [-0.15, -0.1) is 0 Å². The number of nitrogens with one attached hydrogen (secondary N) is 2. The van der Waals surface area contributed by atoms with E-state index in [4.69, 9.17) is 13.9 Å². The average molecular weight is 655 g/mol. The molecule has 1 atom stereocenters. The predicted octanol–water partition coefficient (Wildman–Crippen LogP) is 3.52. The Bertz CT molecular complexity index is 1700. The van der Waals surface area contributed by atoms with Gasteiger partial charge in [0.15, 0.2) is 17.3 Å². The Labute approximate surface area is 280 Å². The lowest BCUT2D eigenvalue weighted by molar-refractivity contribution is -0.129. The van der Waals surface area contributed by atoms with Crippen LogP contribution in [0.25, 0.3) is 11.4 Å². The maximum atomic E-state index is 13.8. The first-order valence-corrected chi connectivity index (χ1v) is 16.5. The van der Waals surface area contributed by atoms with E-state index in [1.54, 1.807) is 19.4 Å². The number of ether oxygens (including phenoxy) is 2. The van der Waals surface area contributed by atoms with Crippen molar-refractivity contribution >= 4 is 17.7 Å². The van der Waals surface area contributed by atoms with E-state index in [0.29, 0.717) is 55.6 Å². The van der Waals surface area contributed by atoms with Gasteiger partial charge in [0.25, 0.3) is 5.91 Å². The molecule has 2 N–H and O–H groups in total. The number of imidazole rings is 1. The number of hydrogen-bond acceptors (Lipinski definition) is 8. The van der Waals surface area contributed by atoms with Crippen molar-refractivity contribution in [1.82, 2.24) is 30.0 Å². The lowest BCUT2D eigenvalue weighted by Gasteiger charge is -2.24. The van der Waals surface area contributed by atoms with Crippen molar-refractivity contribution in [3.63, 3.8) is 0 Å². The first kappa shape index (κ1) is 32.8. The summed E-state index contributed by atoms with van der Waals surface area (Å²) in [7, 11) is 1.58. The van der Waals surface area contributed by atoms with E-state index in [1.165, 1.54) is 4.90 Å². The van der Waals surface area contributed by atoms with Gasteiger partial charge < -0.3 is 34.0 Å². The monoisotopic (exact) mass is 654 g/mol. The quantitative estimate of drug-likeness (QED) is 0.323. The zero-order valence-corrected chi connectivity index (χ0v) is 27.2. The molecule has 2 aromatic carbocycles. The summed E-state index contributed by atoms with van der Waals surface area (Å²) in [4.78, 5) is 49.1. The van der Waals surface area contributed by atoms with Gasteiger partial charge >= 0.3 is 0 Å². The Hall–Kier alpha value is -5.10. The Morgan fingerprint density at radius 3 is 2.65 bits per heavy atom. The Morgan fingerprint density at radius 1 is 1.00 bits per heavy atom. The number of rotatable bonds is 6. The number of likely N-dealkylation sites (tertiary alicyclic amines) is 1. The number of benzene rings is 2. The minimum atomic E-state index is -0.846. The van der Waals surface area contributed by atoms with E-state index in [9.17, 15) is 14.4 Å². The minimum absolute atomic E-state index is 0.170. The number of aromatic nitrogens is 2. The molecular weight excluding hydrogens is 612 g/mol. The number of nitrogens with zero attached hydrogens (tertiary/aromatic N) is 4. The summed E-state index contributed by atoms with van der Waals surface area (Å²) in [6.07, 6.45) is 6.60. The number of carbonyl (C=O) groups is 3. The SMILES string of the molecule is COc1ccc2cc1OCCCN(C(=O)c1ccc(CN3CCCC3)o1)CC(=O)N[C@@H](Cc1ccccc1)C(=O)NCCn1ccnc1-2. The second-order valence-corrected chi connectivity index (χ2v) is 12.1. The van der Waals surface area contributed by atoms with Crippen LogP contribution < -0.4 is 20.1 Å². The third kappa shape index (κ3) is 8.24. The van der Waals surface area contributed by atoms with Crippen LogP contribution in [-0.4, -0.2) is 89.6 Å². The van der Waals surface area contributed by atoms with Crippen LogP contribution in [0.2, 0.25) is 0 Å². The second kappa shape index (κ2) is 15.7. The fraction of sp³-hybridized carbons (Fsp3) is 0.389. The van der Waals surface area contributed by atoms with Crippen molar-refractivity contribution in [2.24, 2.45) is 0 Å². The van der Waals surface area contributed by atoms with Crippen LogP contribution in [0.5, 0.6) is 11.5 Å². The van der Waals surface area contributed by atoms with Gasteiger partial charge in [-0.3, -0.25) is 19.3 Å². The summed E-state index contributed by atoms with van der Waals surface area (Å²) in [5.41, 5.74) is 1.73. The molecule has 1 saturated heterocycles. The van der Waals surface area contributed by atoms with E-state index in [2.05, 4.69) is 20.5 Å². The van der Waals surface area contributed by atoms with Gasteiger partial charge in [-0.2, -0.15) is 0 Å². The van der Waals surface area contributed by atoms with Gasteiger partial charge in [0.05, 0.1) is 26.8 Å². The highest BCUT2D eigenvalue weighted by Crippen LogP contribution is 2.32. The molecule has 3 amide bonds. The molecular formula is C36H42N6O6. The first-order chi connectivity index (χ1) is 23.5. The van der Waals surface area contributed by atoms with Crippen molar-refractivity contribution in [3.8, 4) is 22.9 Å². The molecule has 252 valence electrons. The summed E-state index contributed by atoms with van der Waals surface area (Å²) < 4.78 is 19.6. The Kier molecular flexibility index (Phi) is 10.7. The summed E-state index contributed by atoms with van der Waals surface area (Å²) in [6.45, 7) is 3.64. The summed E-state index contributed by atoms with van der Waals surface area (Å²) in [6, 6.07) is 17.8. The highest BCUT2D eigenvalue weighted by molar-refractivity contribution is 5.95. The van der Waals surface area contributed by atoms with Crippen LogP contribution >= 0.6 is 0 Å². The molecule has 0 unspecified atom stereocenters. The van der Waals surface area contributed by atoms with Crippen molar-refractivity contribution < 1.29 is 28.3 Å². The van der Waals surface area contributed by atoms with Crippen LogP contribution in [0, 0.1) is 0 Å². The van der Waals surface area contributed by atoms with Gasteiger partial charge in [-0.1, -0.05) is 30.3 Å². The lowest BCUT2D eigenvalue weighted by Crippen LogP contribution is -2.51. The van der Waals surface area contributed by atoms with Crippen LogP contribution in [0.15, 0.2) is 77.5 Å². The number of furan rings is 1. The van der Waals surface area contributed by atoms with Crippen molar-refractivity contribution in [1.29, 1.82) is 0 Å². The van der Waals surface area contributed by atoms with E-state index >= 15 is 0 Å². The van der Waals surface area contributed by atoms with Crippen LogP contribution in [0.3, 0.4) is 0 Å².